The molecule has 8 nitrogen and oxygen atoms in total. The zero-order valence-corrected chi connectivity index (χ0v) is 19.1. The van der Waals surface area contributed by atoms with Gasteiger partial charge in [0.1, 0.15) is 30.2 Å². The number of rotatable bonds is 4. The number of fused-ring (bicyclic) bond motifs is 2. The van der Waals surface area contributed by atoms with E-state index in [1.165, 1.54) is 13.2 Å². The largest absolute Gasteiger partial charge is 0.462 e. The quantitative estimate of drug-likeness (QED) is 0.561. The highest BCUT2D eigenvalue weighted by Gasteiger charge is 2.45. The fourth-order valence-corrected chi connectivity index (χ4v) is 4.85. The van der Waals surface area contributed by atoms with Crippen molar-refractivity contribution in [2.75, 3.05) is 13.7 Å². The minimum atomic E-state index is -1.48. The molecule has 5 atom stereocenters. The number of halogens is 2. The van der Waals surface area contributed by atoms with E-state index in [-0.39, 0.29) is 16.7 Å². The number of aliphatic hydroxyl groups excluding tert-OH is 3. The number of allylic oxidation sites excluding steroid dienone is 4. The van der Waals surface area contributed by atoms with E-state index < -0.39 is 41.9 Å². The number of methoxy groups -OCH3 is 1. The molecule has 0 unspecified atom stereocenters. The Hall–Kier alpha value is -1.78. The fraction of sp³-hybridized carbons (Fsp3) is 0.455. The van der Waals surface area contributed by atoms with Gasteiger partial charge < -0.3 is 29.5 Å². The van der Waals surface area contributed by atoms with Gasteiger partial charge in [-0.2, -0.15) is 0 Å². The van der Waals surface area contributed by atoms with Gasteiger partial charge in [0.2, 0.25) is 12.1 Å². The molecule has 2 aliphatic heterocycles. The predicted molar refractivity (Wildman–Crippen MR) is 118 cm³/mol. The van der Waals surface area contributed by atoms with E-state index in [4.69, 9.17) is 37.4 Å². The molecule has 1 aromatic rings. The first kappa shape index (κ1) is 23.4. The summed E-state index contributed by atoms with van der Waals surface area (Å²) in [5, 5.41) is 30.6. The van der Waals surface area contributed by atoms with Crippen LogP contribution in [0.25, 0.3) is 0 Å². The van der Waals surface area contributed by atoms with Crippen molar-refractivity contribution >= 4 is 40.4 Å². The number of carbonyl (C=O) groups is 1. The SMILES string of the molecule is COC[C@H]1O[C@@H](Oc2ccc3c(c2)C(C)(C)C2=C(Cl)C(=O)C(Cl)=CC2=N3)[C@H](O)[C@@H](O)[C@H]1O. The van der Waals surface area contributed by atoms with Crippen molar-refractivity contribution in [1.29, 1.82) is 0 Å². The minimum absolute atomic E-state index is 0.00602. The van der Waals surface area contributed by atoms with Crippen molar-refractivity contribution < 1.29 is 34.3 Å². The highest BCUT2D eigenvalue weighted by molar-refractivity contribution is 6.58. The number of ketones is 1. The summed E-state index contributed by atoms with van der Waals surface area (Å²) in [6.45, 7) is 3.82. The third-order valence-electron chi connectivity index (χ3n) is 5.91. The number of benzene rings is 1. The van der Waals surface area contributed by atoms with Gasteiger partial charge in [-0.05, 0) is 29.8 Å². The van der Waals surface area contributed by atoms with E-state index in [1.54, 1.807) is 18.2 Å². The fourth-order valence-electron chi connectivity index (χ4n) is 4.17. The van der Waals surface area contributed by atoms with Crippen molar-refractivity contribution in [2.45, 2.75) is 50.0 Å². The average molecular weight is 484 g/mol. The molecule has 3 aliphatic rings. The molecule has 0 aromatic heterocycles. The lowest BCUT2D eigenvalue weighted by atomic mass is 9.71. The molecule has 0 amide bonds. The van der Waals surface area contributed by atoms with E-state index in [0.717, 1.165) is 5.56 Å². The van der Waals surface area contributed by atoms with Crippen LogP contribution in [0.1, 0.15) is 19.4 Å². The molecule has 1 aliphatic carbocycles. The number of ether oxygens (including phenoxy) is 3. The van der Waals surface area contributed by atoms with Crippen LogP contribution in [-0.2, 0) is 19.7 Å². The second-order valence-corrected chi connectivity index (χ2v) is 9.18. The van der Waals surface area contributed by atoms with Crippen LogP contribution in [0.2, 0.25) is 0 Å². The molecule has 1 saturated heterocycles. The molecule has 0 saturated carbocycles. The molecule has 4 rings (SSSR count). The Bertz CT molecular complexity index is 1050. The van der Waals surface area contributed by atoms with Crippen LogP contribution in [-0.4, -0.2) is 71.2 Å². The van der Waals surface area contributed by atoms with Crippen molar-refractivity contribution in [3.05, 3.63) is 45.5 Å². The Labute approximate surface area is 194 Å². The normalized spacial score (nSPS) is 31.5. The van der Waals surface area contributed by atoms with Gasteiger partial charge in [0.05, 0.1) is 28.1 Å². The van der Waals surface area contributed by atoms with Crippen molar-refractivity contribution in [2.24, 2.45) is 4.99 Å². The van der Waals surface area contributed by atoms with Crippen LogP contribution in [0.3, 0.4) is 0 Å². The molecular weight excluding hydrogens is 461 g/mol. The van der Waals surface area contributed by atoms with Gasteiger partial charge >= 0.3 is 0 Å². The molecule has 1 aromatic carbocycles. The summed E-state index contributed by atoms with van der Waals surface area (Å²) < 4.78 is 16.5. The highest BCUT2D eigenvalue weighted by Crippen LogP contribution is 2.47. The predicted octanol–water partition coefficient (Wildman–Crippen LogP) is 2.08. The van der Waals surface area contributed by atoms with Crippen LogP contribution in [0.15, 0.2) is 44.9 Å². The number of nitrogens with zero attached hydrogens (tertiary/aromatic N) is 1. The van der Waals surface area contributed by atoms with E-state index >= 15 is 0 Å². The maximum absolute atomic E-state index is 12.3. The first-order valence-corrected chi connectivity index (χ1v) is 10.7. The van der Waals surface area contributed by atoms with E-state index in [2.05, 4.69) is 4.99 Å². The second kappa shape index (κ2) is 8.53. The molecule has 3 N–H and O–H groups in total. The van der Waals surface area contributed by atoms with E-state index in [0.29, 0.717) is 22.7 Å². The lowest BCUT2D eigenvalue weighted by Crippen LogP contribution is -2.60. The van der Waals surface area contributed by atoms with Crippen LogP contribution in [0, 0.1) is 0 Å². The van der Waals surface area contributed by atoms with E-state index in [9.17, 15) is 20.1 Å². The van der Waals surface area contributed by atoms with Crippen LogP contribution in [0.4, 0.5) is 5.69 Å². The summed E-state index contributed by atoms with van der Waals surface area (Å²) in [7, 11) is 1.43. The van der Waals surface area contributed by atoms with Gasteiger partial charge in [-0.1, -0.05) is 37.0 Å². The highest BCUT2D eigenvalue weighted by atomic mass is 35.5. The number of Topliss-reactive ketones (excluding diaryl/α,β-unsaturated/α-hetero) is 1. The molecule has 2 heterocycles. The second-order valence-electron chi connectivity index (χ2n) is 8.40. The molecular formula is C22H23Cl2NO7. The van der Waals surface area contributed by atoms with Crippen LogP contribution in [0.5, 0.6) is 5.75 Å². The number of hydrogen-bond donors (Lipinski definition) is 3. The van der Waals surface area contributed by atoms with Crippen LogP contribution >= 0.6 is 23.2 Å². The van der Waals surface area contributed by atoms with Crippen LogP contribution < -0.4 is 4.74 Å². The zero-order valence-electron chi connectivity index (χ0n) is 17.6. The maximum atomic E-state index is 12.3. The Kier molecular flexibility index (Phi) is 6.23. The Morgan fingerprint density at radius 1 is 1.16 bits per heavy atom. The molecule has 32 heavy (non-hydrogen) atoms. The van der Waals surface area contributed by atoms with Gasteiger partial charge in [-0.15, -0.1) is 0 Å². The minimum Gasteiger partial charge on any atom is -0.462 e. The molecule has 10 heteroatoms. The third kappa shape index (κ3) is 3.80. The first-order valence-electron chi connectivity index (χ1n) is 9.97. The van der Waals surface area contributed by atoms with Gasteiger partial charge in [0.25, 0.3) is 0 Å². The topological polar surface area (TPSA) is 118 Å². The smallest absolute Gasteiger partial charge is 0.229 e. The standard InChI is InChI=1S/C22H23Cl2NO7/c1-22(2)10-6-9(31-21-20(29)19(28)18(27)14(32-21)8-30-3)4-5-12(10)25-13-7-11(23)17(26)16(24)15(13)22/h4-7,14,18-21,27-29H,8H2,1-3H3/t14-,18+,19+,20-,21-/m1/s1. The lowest BCUT2D eigenvalue weighted by Gasteiger charge is -2.40. The van der Waals surface area contributed by atoms with Gasteiger partial charge in [0.15, 0.2) is 0 Å². The molecule has 0 spiro atoms. The monoisotopic (exact) mass is 483 g/mol. The summed E-state index contributed by atoms with van der Waals surface area (Å²) >= 11 is 12.4. The number of aliphatic imine (C=N–C) groups is 1. The first-order chi connectivity index (χ1) is 15.1. The Morgan fingerprint density at radius 3 is 2.56 bits per heavy atom. The van der Waals surface area contributed by atoms with E-state index in [1.807, 2.05) is 13.8 Å². The number of aliphatic hydroxyl groups is 3. The van der Waals surface area contributed by atoms with Gasteiger partial charge in [-0.3, -0.25) is 4.79 Å². The summed E-state index contributed by atoms with van der Waals surface area (Å²) in [6, 6.07) is 5.10. The lowest BCUT2D eigenvalue weighted by molar-refractivity contribution is -0.278. The zero-order chi connectivity index (χ0) is 23.4. The van der Waals surface area contributed by atoms with Gasteiger partial charge in [0, 0.05) is 18.1 Å². The number of carbonyl (C=O) groups excluding carboxylic acids is 1. The average Bonchev–Trinajstić information content (AvgIpc) is 2.74. The Balaban J connectivity index is 1.68. The molecule has 172 valence electrons. The summed E-state index contributed by atoms with van der Waals surface area (Å²) in [5.74, 6) is -0.117. The Morgan fingerprint density at radius 2 is 1.88 bits per heavy atom. The molecule has 0 radical (unpaired) electrons. The van der Waals surface area contributed by atoms with Crippen molar-refractivity contribution in [3.8, 4) is 5.75 Å². The maximum Gasteiger partial charge on any atom is 0.229 e. The number of hydrogen-bond acceptors (Lipinski definition) is 8. The van der Waals surface area contributed by atoms with Gasteiger partial charge in [-0.25, -0.2) is 4.99 Å². The van der Waals surface area contributed by atoms with Crippen molar-refractivity contribution in [3.63, 3.8) is 0 Å². The summed E-state index contributed by atoms with van der Waals surface area (Å²) in [4.78, 5) is 16.9. The molecule has 1 fully saturated rings. The molecule has 0 bridgehead atoms. The summed E-state index contributed by atoms with van der Waals surface area (Å²) in [5.41, 5.74) is 1.78. The summed E-state index contributed by atoms with van der Waals surface area (Å²) in [6.07, 6.45) is -4.87. The third-order valence-corrected chi connectivity index (χ3v) is 6.56. The van der Waals surface area contributed by atoms with Crippen molar-refractivity contribution in [1.82, 2.24) is 0 Å².